The van der Waals surface area contributed by atoms with Crippen molar-refractivity contribution in [3.8, 4) is 0 Å². The van der Waals surface area contributed by atoms with E-state index in [2.05, 4.69) is 0 Å². The van der Waals surface area contributed by atoms with Gasteiger partial charge in [-0.1, -0.05) is 42.5 Å². The Morgan fingerprint density at radius 1 is 0.829 bits per heavy atom. The second-order valence-corrected chi connectivity index (χ2v) is 10.8. The zero-order chi connectivity index (χ0) is 24.4. The Morgan fingerprint density at radius 3 is 2.23 bits per heavy atom. The van der Waals surface area contributed by atoms with Gasteiger partial charge in [0.1, 0.15) is 0 Å². The maximum Gasteiger partial charge on any atom is 0.246 e. The Hall–Kier alpha value is -3.49. The molecular weight excluding hydrogens is 462 g/mol. The summed E-state index contributed by atoms with van der Waals surface area (Å²) in [5.74, 6) is -0.00297. The summed E-state index contributed by atoms with van der Waals surface area (Å²) in [5.41, 5.74) is 1.74. The third-order valence-electron chi connectivity index (χ3n) is 6.61. The van der Waals surface area contributed by atoms with Crippen molar-refractivity contribution < 1.29 is 18.0 Å². The highest BCUT2D eigenvalue weighted by atomic mass is 32.2. The molecule has 5 rings (SSSR count). The lowest BCUT2D eigenvalue weighted by molar-refractivity contribution is -0.127. The molecule has 0 atom stereocenters. The third kappa shape index (κ3) is 4.85. The molecule has 2 heterocycles. The summed E-state index contributed by atoms with van der Waals surface area (Å²) in [6.07, 6.45) is 4.73. The average Bonchev–Trinajstić information content (AvgIpc) is 3.33. The summed E-state index contributed by atoms with van der Waals surface area (Å²) in [5, 5.41) is 1.88. The van der Waals surface area contributed by atoms with Crippen LogP contribution in [0.2, 0.25) is 0 Å². The number of fused-ring (bicyclic) bond motifs is 1. The molecule has 0 aromatic heterocycles. The Labute approximate surface area is 205 Å². The Morgan fingerprint density at radius 2 is 1.54 bits per heavy atom. The number of hydrogen-bond acceptors (Lipinski definition) is 4. The van der Waals surface area contributed by atoms with Crippen LogP contribution in [-0.4, -0.2) is 62.2 Å². The molecule has 2 fully saturated rings. The molecule has 35 heavy (non-hydrogen) atoms. The number of nitrogens with zero attached hydrogens (tertiary/aromatic N) is 3. The number of carbonyl (C=O) groups is 2. The first-order chi connectivity index (χ1) is 16.9. The first-order valence-electron chi connectivity index (χ1n) is 11.8. The Kier molecular flexibility index (Phi) is 6.40. The van der Waals surface area contributed by atoms with E-state index < -0.39 is 10.0 Å². The first-order valence-corrected chi connectivity index (χ1v) is 13.2. The van der Waals surface area contributed by atoms with Crippen molar-refractivity contribution >= 4 is 44.4 Å². The minimum atomic E-state index is -3.62. The van der Waals surface area contributed by atoms with Gasteiger partial charge in [0.25, 0.3) is 0 Å². The number of carbonyl (C=O) groups excluding carboxylic acids is 2. The monoisotopic (exact) mass is 489 g/mol. The maximum atomic E-state index is 13.1. The number of amides is 2. The van der Waals surface area contributed by atoms with E-state index in [-0.39, 0.29) is 29.8 Å². The highest BCUT2D eigenvalue weighted by Crippen LogP contribution is 2.24. The quantitative estimate of drug-likeness (QED) is 0.514. The lowest BCUT2D eigenvalue weighted by Gasteiger charge is -2.33. The van der Waals surface area contributed by atoms with E-state index in [4.69, 9.17) is 0 Å². The summed E-state index contributed by atoms with van der Waals surface area (Å²) >= 11 is 0. The molecule has 8 heteroatoms. The fourth-order valence-corrected chi connectivity index (χ4v) is 6.04. The van der Waals surface area contributed by atoms with E-state index in [1.54, 1.807) is 28.0 Å². The molecule has 7 nitrogen and oxygen atoms in total. The lowest BCUT2D eigenvalue weighted by Crippen LogP contribution is -2.50. The molecule has 0 saturated carbocycles. The van der Waals surface area contributed by atoms with Crippen LogP contribution in [0.25, 0.3) is 16.8 Å². The van der Waals surface area contributed by atoms with Crippen LogP contribution in [0, 0.1) is 0 Å². The number of rotatable bonds is 5. The van der Waals surface area contributed by atoms with Crippen LogP contribution in [0.15, 0.2) is 77.7 Å². The fourth-order valence-electron chi connectivity index (χ4n) is 4.59. The summed E-state index contributed by atoms with van der Waals surface area (Å²) in [6, 6.07) is 20.4. The van der Waals surface area contributed by atoms with Crippen molar-refractivity contribution in [1.82, 2.24) is 9.21 Å². The second kappa shape index (κ2) is 9.64. The Balaban J connectivity index is 1.19. The minimum Gasteiger partial charge on any atom is -0.337 e. The summed E-state index contributed by atoms with van der Waals surface area (Å²) < 4.78 is 27.7. The van der Waals surface area contributed by atoms with Crippen molar-refractivity contribution in [2.45, 2.75) is 17.7 Å². The van der Waals surface area contributed by atoms with Gasteiger partial charge in [-0.25, -0.2) is 8.42 Å². The molecule has 0 aliphatic carbocycles. The molecule has 2 saturated heterocycles. The molecule has 2 aliphatic heterocycles. The predicted octanol–water partition coefficient (Wildman–Crippen LogP) is 3.51. The van der Waals surface area contributed by atoms with E-state index in [1.165, 1.54) is 10.4 Å². The van der Waals surface area contributed by atoms with Gasteiger partial charge in [-0.05, 0) is 53.1 Å². The van der Waals surface area contributed by atoms with E-state index in [1.807, 2.05) is 54.6 Å². The van der Waals surface area contributed by atoms with Gasteiger partial charge >= 0.3 is 0 Å². The standard InChI is InChI=1S/C27H27N3O4S/c31-26(14-9-21-7-11-24(12-8-21)30-15-3-6-27(30)32)28-16-18-29(19-17-28)35(33,34)25-13-10-22-4-1-2-5-23(22)20-25/h1-2,4-5,7-14,20H,3,6,15-19H2/b14-9+. The van der Waals surface area contributed by atoms with Gasteiger partial charge in [0.05, 0.1) is 4.90 Å². The van der Waals surface area contributed by atoms with Gasteiger partial charge in [-0.2, -0.15) is 4.31 Å². The highest BCUT2D eigenvalue weighted by molar-refractivity contribution is 7.89. The number of benzene rings is 3. The average molecular weight is 490 g/mol. The predicted molar refractivity (Wildman–Crippen MR) is 136 cm³/mol. The largest absolute Gasteiger partial charge is 0.337 e. The highest BCUT2D eigenvalue weighted by Gasteiger charge is 2.29. The van der Waals surface area contributed by atoms with Gasteiger partial charge in [0.2, 0.25) is 21.8 Å². The molecule has 2 aliphatic rings. The van der Waals surface area contributed by atoms with Crippen molar-refractivity contribution in [3.63, 3.8) is 0 Å². The molecule has 0 spiro atoms. The molecule has 180 valence electrons. The number of sulfonamides is 1. The van der Waals surface area contributed by atoms with Crippen LogP contribution in [0.5, 0.6) is 0 Å². The van der Waals surface area contributed by atoms with E-state index in [9.17, 15) is 18.0 Å². The van der Waals surface area contributed by atoms with Crippen LogP contribution >= 0.6 is 0 Å². The van der Waals surface area contributed by atoms with Gasteiger partial charge in [-0.3, -0.25) is 9.59 Å². The topological polar surface area (TPSA) is 78.0 Å². The number of anilines is 1. The smallest absolute Gasteiger partial charge is 0.246 e. The van der Waals surface area contributed by atoms with Crippen LogP contribution < -0.4 is 4.90 Å². The zero-order valence-electron chi connectivity index (χ0n) is 19.3. The van der Waals surface area contributed by atoms with Crippen molar-refractivity contribution in [2.75, 3.05) is 37.6 Å². The molecular formula is C27H27N3O4S. The van der Waals surface area contributed by atoms with E-state index in [0.717, 1.165) is 35.0 Å². The summed E-state index contributed by atoms with van der Waals surface area (Å²) in [4.78, 5) is 28.3. The second-order valence-electron chi connectivity index (χ2n) is 8.81. The SMILES string of the molecule is O=C(/C=C/c1ccc(N2CCCC2=O)cc1)N1CCN(S(=O)(=O)c2ccc3ccccc3c2)CC1. The normalized spacial score (nSPS) is 17.5. The van der Waals surface area contributed by atoms with Gasteiger partial charge in [-0.15, -0.1) is 0 Å². The van der Waals surface area contributed by atoms with Crippen molar-refractivity contribution in [3.05, 3.63) is 78.4 Å². The molecule has 0 unspecified atom stereocenters. The van der Waals surface area contributed by atoms with Crippen LogP contribution in [-0.2, 0) is 19.6 Å². The minimum absolute atomic E-state index is 0.144. The summed E-state index contributed by atoms with van der Waals surface area (Å²) in [6.45, 7) is 1.94. The molecule has 0 N–H and O–H groups in total. The van der Waals surface area contributed by atoms with E-state index >= 15 is 0 Å². The molecule has 0 radical (unpaired) electrons. The maximum absolute atomic E-state index is 13.1. The van der Waals surface area contributed by atoms with Gasteiger partial charge in [0.15, 0.2) is 0 Å². The summed E-state index contributed by atoms with van der Waals surface area (Å²) in [7, 11) is -3.62. The van der Waals surface area contributed by atoms with E-state index in [0.29, 0.717) is 19.5 Å². The fraction of sp³-hybridized carbons (Fsp3) is 0.259. The Bertz CT molecular complexity index is 1390. The van der Waals surface area contributed by atoms with Gasteiger partial charge < -0.3 is 9.80 Å². The third-order valence-corrected chi connectivity index (χ3v) is 8.50. The number of piperazine rings is 1. The van der Waals surface area contributed by atoms with Crippen molar-refractivity contribution in [1.29, 1.82) is 0 Å². The van der Waals surface area contributed by atoms with Crippen LogP contribution in [0.3, 0.4) is 0 Å². The molecule has 2 amide bonds. The van der Waals surface area contributed by atoms with Crippen LogP contribution in [0.1, 0.15) is 18.4 Å². The number of hydrogen-bond donors (Lipinski definition) is 0. The van der Waals surface area contributed by atoms with Crippen LogP contribution in [0.4, 0.5) is 5.69 Å². The molecule has 0 bridgehead atoms. The van der Waals surface area contributed by atoms with Crippen molar-refractivity contribution in [2.24, 2.45) is 0 Å². The zero-order valence-corrected chi connectivity index (χ0v) is 20.2. The lowest BCUT2D eigenvalue weighted by atomic mass is 10.1. The first kappa shape index (κ1) is 23.3. The van der Waals surface area contributed by atoms with Gasteiger partial charge in [0, 0.05) is 50.9 Å². The molecule has 3 aromatic rings. The molecule has 3 aromatic carbocycles.